The Morgan fingerprint density at radius 2 is 1.41 bits per heavy atom. The van der Waals surface area contributed by atoms with Gasteiger partial charge >= 0.3 is 11.9 Å². The van der Waals surface area contributed by atoms with Crippen molar-refractivity contribution in [3.05, 3.63) is 71.3 Å². The summed E-state index contributed by atoms with van der Waals surface area (Å²) in [6, 6.07) is 0. The Morgan fingerprint density at radius 1 is 0.759 bits per heavy atom. The zero-order chi connectivity index (χ0) is 43.1. The normalized spacial score (nSPS) is 14.6. The molecule has 0 spiro atoms. The van der Waals surface area contributed by atoms with E-state index in [1.165, 1.54) is 30.4 Å². The van der Waals surface area contributed by atoms with Crippen LogP contribution < -0.4 is 4.89 Å². The molecule has 11 nitrogen and oxygen atoms in total. The second-order valence-electron chi connectivity index (χ2n) is 16.1. The van der Waals surface area contributed by atoms with Crippen molar-refractivity contribution in [3.63, 3.8) is 0 Å². The number of likely N-dealkylation sites (N-methyl/N-ethyl adjacent to an activating group) is 1. The molecule has 1 aromatic rings. The molecule has 1 N–H and O–H groups in total. The Hall–Kier alpha value is -2.79. The molecular formula is C46H78NO10P. The topological polar surface area (TPSA) is 145 Å². The highest BCUT2D eigenvalue weighted by Crippen LogP contribution is 2.38. The third-order valence-electron chi connectivity index (χ3n) is 9.61. The van der Waals surface area contributed by atoms with E-state index in [1.54, 1.807) is 6.08 Å². The summed E-state index contributed by atoms with van der Waals surface area (Å²) in [5, 5.41) is 10.0. The molecule has 1 aromatic heterocycles. The van der Waals surface area contributed by atoms with Crippen molar-refractivity contribution < 1.29 is 51.6 Å². The first-order valence-corrected chi connectivity index (χ1v) is 23.3. The molecule has 332 valence electrons. The van der Waals surface area contributed by atoms with Gasteiger partial charge in [-0.1, -0.05) is 101 Å². The first-order chi connectivity index (χ1) is 27.7. The SMILES string of the molecule is CCCCC/C=C\C[C@@H](O)/C=C/C=C\C/C=C\CCCC(=O)OC[C@H](COP(=O)([O-])OCC[N+](C)(C)C)OC(=O)CCCCCCCCc1oc(CCC)c(C)c1C. The molecular weight excluding hydrogens is 757 g/mol. The number of aliphatic hydroxyl groups excluding tert-OH is 1. The van der Waals surface area contributed by atoms with E-state index < -0.39 is 38.6 Å². The Labute approximate surface area is 351 Å². The largest absolute Gasteiger partial charge is 0.756 e. The van der Waals surface area contributed by atoms with E-state index in [9.17, 15) is 24.2 Å². The fourth-order valence-electron chi connectivity index (χ4n) is 5.89. The Morgan fingerprint density at radius 3 is 2.12 bits per heavy atom. The predicted molar refractivity (Wildman–Crippen MR) is 231 cm³/mol. The van der Waals surface area contributed by atoms with E-state index >= 15 is 0 Å². The van der Waals surface area contributed by atoms with Gasteiger partial charge in [0.25, 0.3) is 7.82 Å². The maximum absolute atomic E-state index is 12.7. The first kappa shape index (κ1) is 53.2. The maximum atomic E-state index is 12.7. The van der Waals surface area contributed by atoms with Crippen LogP contribution in [0.2, 0.25) is 0 Å². The number of phosphoric ester groups is 1. The number of hydrogen-bond donors (Lipinski definition) is 1. The molecule has 12 heteroatoms. The molecule has 0 radical (unpaired) electrons. The van der Waals surface area contributed by atoms with Crippen molar-refractivity contribution in [1.29, 1.82) is 0 Å². The van der Waals surface area contributed by atoms with Gasteiger partial charge in [-0.15, -0.1) is 0 Å². The number of aryl methyl sites for hydroxylation is 2. The summed E-state index contributed by atoms with van der Waals surface area (Å²) in [5.41, 5.74) is 2.55. The van der Waals surface area contributed by atoms with Gasteiger partial charge in [-0.25, -0.2) is 0 Å². The van der Waals surface area contributed by atoms with Crippen molar-refractivity contribution in [2.75, 3.05) is 47.5 Å². The van der Waals surface area contributed by atoms with Crippen molar-refractivity contribution in [1.82, 2.24) is 0 Å². The van der Waals surface area contributed by atoms with Crippen LogP contribution in [0.1, 0.15) is 146 Å². The van der Waals surface area contributed by atoms with Crippen LogP contribution in [0, 0.1) is 13.8 Å². The summed E-state index contributed by atoms with van der Waals surface area (Å²) < 4.78 is 39.9. The van der Waals surface area contributed by atoms with Crippen LogP contribution in [-0.4, -0.2) is 81.2 Å². The molecule has 0 saturated carbocycles. The number of furan rings is 1. The molecule has 0 bridgehead atoms. The number of aliphatic hydroxyl groups is 1. The number of nitrogens with zero attached hydrogens (tertiary/aromatic N) is 1. The number of phosphoric acid groups is 1. The average Bonchev–Trinajstić information content (AvgIpc) is 3.43. The predicted octanol–water partition coefficient (Wildman–Crippen LogP) is 9.90. The van der Waals surface area contributed by atoms with Gasteiger partial charge in [0.1, 0.15) is 31.3 Å². The van der Waals surface area contributed by atoms with Crippen LogP contribution in [0.15, 0.2) is 53.0 Å². The number of esters is 2. The molecule has 0 aliphatic carbocycles. The van der Waals surface area contributed by atoms with E-state index in [2.05, 4.69) is 33.8 Å². The number of hydrogen-bond acceptors (Lipinski definition) is 10. The third-order valence-corrected chi connectivity index (χ3v) is 10.6. The van der Waals surface area contributed by atoms with Crippen molar-refractivity contribution in [3.8, 4) is 0 Å². The Bertz CT molecular complexity index is 1420. The van der Waals surface area contributed by atoms with E-state index in [1.807, 2.05) is 57.6 Å². The van der Waals surface area contributed by atoms with Crippen LogP contribution in [0.5, 0.6) is 0 Å². The van der Waals surface area contributed by atoms with Gasteiger partial charge < -0.3 is 37.4 Å². The number of quaternary nitrogens is 1. The molecule has 0 fully saturated rings. The molecule has 58 heavy (non-hydrogen) atoms. The average molecular weight is 836 g/mol. The zero-order valence-electron chi connectivity index (χ0n) is 37.1. The molecule has 0 aliphatic heterocycles. The van der Waals surface area contributed by atoms with Crippen LogP contribution >= 0.6 is 7.82 Å². The molecule has 0 saturated heterocycles. The highest BCUT2D eigenvalue weighted by Gasteiger charge is 2.22. The summed E-state index contributed by atoms with van der Waals surface area (Å²) in [4.78, 5) is 37.6. The minimum absolute atomic E-state index is 0.0605. The molecule has 0 aromatic carbocycles. The Kier molecular flexibility index (Phi) is 29.4. The zero-order valence-corrected chi connectivity index (χ0v) is 37.9. The molecule has 1 rings (SSSR count). The summed E-state index contributed by atoms with van der Waals surface area (Å²) in [6.07, 6.45) is 30.4. The number of rotatable bonds is 35. The quantitative estimate of drug-likeness (QED) is 0.0175. The summed E-state index contributed by atoms with van der Waals surface area (Å²) in [7, 11) is 1.06. The van der Waals surface area contributed by atoms with Crippen LogP contribution in [0.3, 0.4) is 0 Å². The summed E-state index contributed by atoms with van der Waals surface area (Å²) in [6.45, 7) is 8.17. The van der Waals surface area contributed by atoms with E-state index in [0.717, 1.165) is 75.7 Å². The number of ether oxygens (including phenoxy) is 2. The summed E-state index contributed by atoms with van der Waals surface area (Å²) in [5.74, 6) is 1.23. The Balaban J connectivity index is 2.44. The maximum Gasteiger partial charge on any atom is 0.306 e. The van der Waals surface area contributed by atoms with Crippen molar-refractivity contribution in [2.24, 2.45) is 0 Å². The van der Waals surface area contributed by atoms with Crippen LogP contribution in [0.25, 0.3) is 0 Å². The minimum atomic E-state index is -4.67. The lowest BCUT2D eigenvalue weighted by Crippen LogP contribution is -2.37. The van der Waals surface area contributed by atoms with Gasteiger partial charge in [0.2, 0.25) is 0 Å². The van der Waals surface area contributed by atoms with Gasteiger partial charge in [-0.05, 0) is 82.8 Å². The van der Waals surface area contributed by atoms with Crippen molar-refractivity contribution in [2.45, 2.75) is 162 Å². The molecule has 1 heterocycles. The van der Waals surface area contributed by atoms with Crippen molar-refractivity contribution >= 4 is 19.8 Å². The second-order valence-corrected chi connectivity index (χ2v) is 17.5. The lowest BCUT2D eigenvalue weighted by molar-refractivity contribution is -0.870. The van der Waals surface area contributed by atoms with Crippen LogP contribution in [-0.2, 0) is 45.5 Å². The highest BCUT2D eigenvalue weighted by atomic mass is 31.2. The first-order valence-electron chi connectivity index (χ1n) is 21.8. The minimum Gasteiger partial charge on any atom is -0.756 e. The third kappa shape index (κ3) is 28.6. The summed E-state index contributed by atoms with van der Waals surface area (Å²) >= 11 is 0. The lowest BCUT2D eigenvalue weighted by Gasteiger charge is -2.28. The number of unbranched alkanes of at least 4 members (excludes halogenated alkanes) is 9. The molecule has 0 amide bonds. The van der Waals surface area contributed by atoms with Gasteiger partial charge in [0, 0.05) is 25.7 Å². The molecule has 3 atom stereocenters. The number of carbonyl (C=O) groups is 2. The van der Waals surface area contributed by atoms with Gasteiger partial charge in [-0.2, -0.15) is 0 Å². The van der Waals surface area contributed by atoms with E-state index in [4.69, 9.17) is 22.9 Å². The van der Waals surface area contributed by atoms with E-state index in [0.29, 0.717) is 36.7 Å². The van der Waals surface area contributed by atoms with Gasteiger partial charge in [-0.3, -0.25) is 14.2 Å². The monoisotopic (exact) mass is 836 g/mol. The lowest BCUT2D eigenvalue weighted by atomic mass is 10.0. The fourth-order valence-corrected chi connectivity index (χ4v) is 6.62. The standard InChI is InChI=1S/C46H78NO10P/c1-8-10-11-12-19-24-30-41(48)31-25-20-15-13-14-16-22-27-33-45(49)53-37-42(38-55-58(51,52)54-36-35-47(5,6)7)56-46(50)34-28-23-18-17-21-26-32-44-40(4)39(3)43(57-44)29-9-2/h14-16,19-20,24-25,31,41-42,48H,8-13,17-18,21-23,26-30,32-38H2,1-7H3/b16-14-,20-15-,24-19-,31-25+/t41-,42-/m1/s1. The second kappa shape index (κ2) is 32.0. The highest BCUT2D eigenvalue weighted by molar-refractivity contribution is 7.45. The van der Waals surface area contributed by atoms with Gasteiger partial charge in [0.15, 0.2) is 6.10 Å². The van der Waals surface area contributed by atoms with Gasteiger partial charge in [0.05, 0.1) is 33.9 Å². The van der Waals surface area contributed by atoms with Crippen LogP contribution in [0.4, 0.5) is 0 Å². The number of allylic oxidation sites excluding steroid dienone is 6. The molecule has 0 aliphatic rings. The number of carbonyl (C=O) groups excluding carboxylic acids is 2. The molecule has 1 unspecified atom stereocenters. The van der Waals surface area contributed by atoms with E-state index in [-0.39, 0.29) is 26.1 Å². The smallest absolute Gasteiger partial charge is 0.306 e. The fraction of sp³-hybridized carbons (Fsp3) is 0.696.